The van der Waals surface area contributed by atoms with Gasteiger partial charge in [0, 0.05) is 5.56 Å². The predicted octanol–water partition coefficient (Wildman–Crippen LogP) is 4.81. The molecule has 120 valence electrons. The van der Waals surface area contributed by atoms with Crippen LogP contribution in [0.15, 0.2) is 66.7 Å². The van der Waals surface area contributed by atoms with E-state index in [1.54, 1.807) is 12.1 Å². The largest absolute Gasteiger partial charge is 0.373 e. The highest BCUT2D eigenvalue weighted by molar-refractivity contribution is 5.87. The molecule has 0 aliphatic rings. The zero-order valence-electron chi connectivity index (χ0n) is 13.6. The number of hydrogen-bond acceptors (Lipinski definition) is 3. The van der Waals surface area contributed by atoms with Crippen LogP contribution in [0.3, 0.4) is 0 Å². The summed E-state index contributed by atoms with van der Waals surface area (Å²) < 4.78 is 5.75. The molecule has 0 aliphatic heterocycles. The van der Waals surface area contributed by atoms with Gasteiger partial charge in [-0.15, -0.1) is 0 Å². The Morgan fingerprint density at radius 3 is 2.44 bits per heavy atom. The van der Waals surface area contributed by atoms with Crippen LogP contribution in [-0.2, 0) is 11.3 Å². The highest BCUT2D eigenvalue weighted by Crippen LogP contribution is 2.23. The fourth-order valence-electron chi connectivity index (χ4n) is 2.68. The summed E-state index contributed by atoms with van der Waals surface area (Å²) in [6.45, 7) is 0.843. The van der Waals surface area contributed by atoms with Crippen molar-refractivity contribution in [2.75, 3.05) is 6.61 Å². The summed E-state index contributed by atoms with van der Waals surface area (Å²) in [5, 5.41) is 20.3. The van der Waals surface area contributed by atoms with Crippen molar-refractivity contribution in [3.63, 3.8) is 0 Å². The van der Waals surface area contributed by atoms with E-state index >= 15 is 0 Å². The van der Waals surface area contributed by atoms with E-state index in [9.17, 15) is 5.26 Å². The molecule has 3 heteroatoms. The molecule has 0 heterocycles. The zero-order chi connectivity index (χ0) is 17.5. The van der Waals surface area contributed by atoms with Gasteiger partial charge in [0.1, 0.15) is 0 Å². The molecule has 3 aromatic rings. The molecule has 3 rings (SSSR count). The lowest BCUT2D eigenvalue weighted by molar-refractivity contribution is 0.150. The van der Waals surface area contributed by atoms with Gasteiger partial charge in [-0.2, -0.15) is 10.5 Å². The van der Waals surface area contributed by atoms with Crippen molar-refractivity contribution in [3.8, 4) is 12.1 Å². The van der Waals surface area contributed by atoms with Crippen molar-refractivity contribution >= 4 is 16.8 Å². The van der Waals surface area contributed by atoms with Crippen LogP contribution >= 0.6 is 0 Å². The molecular formula is C22H16N2O. The molecule has 3 nitrogen and oxygen atoms in total. The molecule has 0 radical (unpaired) electrons. The first-order chi connectivity index (χ1) is 12.3. The number of ether oxygens (including phenoxy) is 1. The summed E-state index contributed by atoms with van der Waals surface area (Å²) in [5.41, 5.74) is 3.24. The lowest BCUT2D eigenvalue weighted by Gasteiger charge is -2.08. The van der Waals surface area contributed by atoms with Crippen LogP contribution in [0.4, 0.5) is 0 Å². The predicted molar refractivity (Wildman–Crippen MR) is 98.5 cm³/mol. The molecule has 0 aliphatic carbocycles. The number of hydrogen-bond donors (Lipinski definition) is 0. The molecule has 0 spiro atoms. The summed E-state index contributed by atoms with van der Waals surface area (Å²) in [6.07, 6.45) is 3.88. The Balaban J connectivity index is 1.66. The normalized spacial score (nSPS) is 10.6. The molecule has 0 saturated heterocycles. The van der Waals surface area contributed by atoms with Gasteiger partial charge < -0.3 is 4.74 Å². The molecule has 0 amide bonds. The number of nitrogens with zero attached hydrogens (tertiary/aromatic N) is 2. The van der Waals surface area contributed by atoms with E-state index < -0.39 is 0 Å². The molecular weight excluding hydrogens is 308 g/mol. The van der Waals surface area contributed by atoms with Crippen LogP contribution < -0.4 is 0 Å². The maximum atomic E-state index is 9.33. The van der Waals surface area contributed by atoms with Gasteiger partial charge in [0.05, 0.1) is 36.5 Å². The maximum Gasteiger partial charge on any atom is 0.0995 e. The topological polar surface area (TPSA) is 56.8 Å². The van der Waals surface area contributed by atoms with Gasteiger partial charge in [-0.25, -0.2) is 0 Å². The molecule has 25 heavy (non-hydrogen) atoms. The van der Waals surface area contributed by atoms with Crippen molar-refractivity contribution in [1.82, 2.24) is 0 Å². The van der Waals surface area contributed by atoms with Crippen LogP contribution in [0.1, 0.15) is 22.3 Å². The first-order valence-electron chi connectivity index (χ1n) is 7.97. The van der Waals surface area contributed by atoms with Crippen molar-refractivity contribution in [2.45, 2.75) is 6.61 Å². The summed E-state index contributed by atoms with van der Waals surface area (Å²) in [6, 6.07) is 23.5. The van der Waals surface area contributed by atoms with Gasteiger partial charge in [-0.1, -0.05) is 54.6 Å². The van der Waals surface area contributed by atoms with E-state index in [-0.39, 0.29) is 0 Å². The Hall–Kier alpha value is -3.40. The van der Waals surface area contributed by atoms with E-state index in [1.165, 1.54) is 0 Å². The molecule has 0 atom stereocenters. The average molecular weight is 324 g/mol. The Kier molecular flexibility index (Phi) is 5.22. The van der Waals surface area contributed by atoms with Crippen molar-refractivity contribution < 1.29 is 4.74 Å². The van der Waals surface area contributed by atoms with Gasteiger partial charge in [-0.05, 0) is 34.5 Å². The standard InChI is InChI=1S/C22H16N2O/c23-14-18-9-7-17(8-10-18)4-3-13-25-16-22-20(15-24)12-11-19-5-1-2-6-21(19)22/h1-12H,13,16H2/b4-3+. The van der Waals surface area contributed by atoms with Gasteiger partial charge in [0.15, 0.2) is 0 Å². The van der Waals surface area contributed by atoms with Gasteiger partial charge >= 0.3 is 0 Å². The van der Waals surface area contributed by atoms with E-state index in [2.05, 4.69) is 12.1 Å². The van der Waals surface area contributed by atoms with Crippen LogP contribution in [0, 0.1) is 22.7 Å². The minimum atomic E-state index is 0.391. The van der Waals surface area contributed by atoms with E-state index in [1.807, 2.05) is 60.7 Å². The molecule has 0 saturated carbocycles. The number of rotatable bonds is 5. The Labute approximate surface area is 147 Å². The van der Waals surface area contributed by atoms with Gasteiger partial charge in [0.25, 0.3) is 0 Å². The fraction of sp³-hybridized carbons (Fsp3) is 0.0909. The lowest BCUT2D eigenvalue weighted by atomic mass is 10.0. The Bertz CT molecular complexity index is 989. The van der Waals surface area contributed by atoms with Gasteiger partial charge in [0.2, 0.25) is 0 Å². The SMILES string of the molecule is N#Cc1ccc(/C=C/COCc2c(C#N)ccc3ccccc23)cc1. The second-order valence-corrected chi connectivity index (χ2v) is 5.58. The third kappa shape index (κ3) is 3.93. The Morgan fingerprint density at radius 1 is 0.880 bits per heavy atom. The van der Waals surface area contributed by atoms with Gasteiger partial charge in [-0.3, -0.25) is 0 Å². The summed E-state index contributed by atoms with van der Waals surface area (Å²) in [4.78, 5) is 0. The first kappa shape index (κ1) is 16.5. The highest BCUT2D eigenvalue weighted by atomic mass is 16.5. The zero-order valence-corrected chi connectivity index (χ0v) is 13.6. The second-order valence-electron chi connectivity index (χ2n) is 5.58. The number of nitriles is 2. The molecule has 0 bridgehead atoms. The molecule has 0 unspecified atom stereocenters. The van der Waals surface area contributed by atoms with Crippen LogP contribution in [0.2, 0.25) is 0 Å². The van der Waals surface area contributed by atoms with Crippen LogP contribution in [-0.4, -0.2) is 6.61 Å². The summed E-state index contributed by atoms with van der Waals surface area (Å²) in [7, 11) is 0. The highest BCUT2D eigenvalue weighted by Gasteiger charge is 2.07. The quantitative estimate of drug-likeness (QED) is 0.633. The smallest absolute Gasteiger partial charge is 0.0995 e. The van der Waals surface area contributed by atoms with E-state index in [4.69, 9.17) is 10.00 Å². The molecule has 0 fully saturated rings. The second kappa shape index (κ2) is 7.93. The third-order valence-electron chi connectivity index (χ3n) is 3.97. The minimum absolute atomic E-state index is 0.391. The number of benzene rings is 3. The summed E-state index contributed by atoms with van der Waals surface area (Å²) >= 11 is 0. The average Bonchev–Trinajstić information content (AvgIpc) is 2.68. The van der Waals surface area contributed by atoms with Crippen molar-refractivity contribution in [2.24, 2.45) is 0 Å². The van der Waals surface area contributed by atoms with Crippen LogP contribution in [0.25, 0.3) is 16.8 Å². The lowest BCUT2D eigenvalue weighted by Crippen LogP contribution is -1.97. The van der Waals surface area contributed by atoms with Crippen LogP contribution in [0.5, 0.6) is 0 Å². The van der Waals surface area contributed by atoms with Crippen molar-refractivity contribution in [3.05, 3.63) is 89.0 Å². The molecule has 0 N–H and O–H groups in total. The maximum absolute atomic E-state index is 9.33. The summed E-state index contributed by atoms with van der Waals surface area (Å²) in [5.74, 6) is 0. The minimum Gasteiger partial charge on any atom is -0.373 e. The first-order valence-corrected chi connectivity index (χ1v) is 7.97. The number of fused-ring (bicyclic) bond motifs is 1. The van der Waals surface area contributed by atoms with E-state index in [0.29, 0.717) is 24.3 Å². The monoisotopic (exact) mass is 324 g/mol. The third-order valence-corrected chi connectivity index (χ3v) is 3.97. The van der Waals surface area contributed by atoms with E-state index in [0.717, 1.165) is 21.9 Å². The fourth-order valence-corrected chi connectivity index (χ4v) is 2.68. The van der Waals surface area contributed by atoms with Crippen molar-refractivity contribution in [1.29, 1.82) is 10.5 Å². The molecule has 0 aromatic heterocycles. The molecule has 3 aromatic carbocycles. The Morgan fingerprint density at radius 2 is 1.68 bits per heavy atom.